The minimum atomic E-state index is -0.501. The van der Waals surface area contributed by atoms with Crippen LogP contribution in [0, 0.1) is 0 Å². The number of urea groups is 1. The van der Waals surface area contributed by atoms with Crippen LogP contribution in [0.4, 0.5) is 10.5 Å². The average molecular weight is 497 g/mol. The van der Waals surface area contributed by atoms with Crippen molar-refractivity contribution in [2.75, 3.05) is 32.5 Å². The van der Waals surface area contributed by atoms with Crippen molar-refractivity contribution in [2.24, 2.45) is 7.05 Å². The van der Waals surface area contributed by atoms with Crippen molar-refractivity contribution in [3.8, 4) is 0 Å². The Kier molecular flexibility index (Phi) is 7.67. The molecule has 7 nitrogen and oxygen atoms in total. The Morgan fingerprint density at radius 2 is 1.81 bits per heavy atom. The Labute approximate surface area is 201 Å². The molecule has 2 aromatic carbocycles. The fourth-order valence-electron chi connectivity index (χ4n) is 3.32. The molecule has 3 rings (SSSR count). The maximum atomic E-state index is 13.2. The van der Waals surface area contributed by atoms with Gasteiger partial charge in [0.2, 0.25) is 0 Å². The summed E-state index contributed by atoms with van der Waals surface area (Å²) in [5.74, 6) is 0.452. The van der Waals surface area contributed by atoms with E-state index < -0.39 is 6.04 Å². The van der Waals surface area contributed by atoms with E-state index in [9.17, 15) is 9.59 Å². The fraction of sp³-hybridized carbons (Fsp3) is 0.318. The van der Waals surface area contributed by atoms with E-state index in [1.807, 2.05) is 25.9 Å². The number of aromatic nitrogens is 2. The van der Waals surface area contributed by atoms with Gasteiger partial charge in [0.1, 0.15) is 5.82 Å². The maximum absolute atomic E-state index is 13.2. The summed E-state index contributed by atoms with van der Waals surface area (Å²) in [6, 6.07) is 8.99. The first-order valence-corrected chi connectivity index (χ1v) is 11.1. The minimum absolute atomic E-state index is 0.203. The Bertz CT molecular complexity index is 1210. The first-order chi connectivity index (χ1) is 15.1. The number of rotatable bonds is 6. The number of nitrogens with one attached hydrogen (secondary N) is 1. The van der Waals surface area contributed by atoms with Gasteiger partial charge in [0.25, 0.3) is 5.56 Å². The molecule has 1 heterocycles. The van der Waals surface area contributed by atoms with Gasteiger partial charge in [0, 0.05) is 30.8 Å². The van der Waals surface area contributed by atoms with Gasteiger partial charge in [-0.15, -0.1) is 0 Å². The summed E-state index contributed by atoms with van der Waals surface area (Å²) in [4.78, 5) is 34.4. The van der Waals surface area contributed by atoms with E-state index in [-0.39, 0.29) is 11.6 Å². The van der Waals surface area contributed by atoms with Crippen LogP contribution in [-0.4, -0.2) is 52.6 Å². The van der Waals surface area contributed by atoms with Crippen LogP contribution in [0.2, 0.25) is 15.1 Å². The van der Waals surface area contributed by atoms with E-state index in [1.54, 1.807) is 48.3 Å². The van der Waals surface area contributed by atoms with E-state index in [2.05, 4.69) is 10.3 Å². The molecule has 0 fully saturated rings. The molecule has 0 radical (unpaired) electrons. The number of hydrogen-bond acceptors (Lipinski definition) is 4. The topological polar surface area (TPSA) is 70.5 Å². The van der Waals surface area contributed by atoms with Crippen molar-refractivity contribution in [2.45, 2.75) is 13.0 Å². The predicted molar refractivity (Wildman–Crippen MR) is 131 cm³/mol. The number of nitrogens with zero attached hydrogens (tertiary/aromatic N) is 4. The second kappa shape index (κ2) is 10.1. The van der Waals surface area contributed by atoms with Crippen molar-refractivity contribution in [1.29, 1.82) is 0 Å². The Morgan fingerprint density at radius 1 is 1.09 bits per heavy atom. The molecule has 0 spiro atoms. The average Bonchev–Trinajstić information content (AvgIpc) is 2.73. The lowest BCUT2D eigenvalue weighted by molar-refractivity contribution is 0.180. The van der Waals surface area contributed by atoms with Gasteiger partial charge in [-0.3, -0.25) is 9.36 Å². The van der Waals surface area contributed by atoms with E-state index in [0.29, 0.717) is 50.6 Å². The molecular formula is C22H24Cl3N5O2. The molecule has 0 aliphatic carbocycles. The molecule has 0 saturated heterocycles. The highest BCUT2D eigenvalue weighted by molar-refractivity contribution is 6.42. The summed E-state index contributed by atoms with van der Waals surface area (Å²) in [5, 5.41) is 4.54. The van der Waals surface area contributed by atoms with Gasteiger partial charge >= 0.3 is 6.03 Å². The fourth-order valence-corrected chi connectivity index (χ4v) is 3.79. The lowest BCUT2D eigenvalue weighted by atomic mass is 10.2. The Hall–Kier alpha value is -2.32. The molecule has 10 heteroatoms. The molecule has 0 saturated carbocycles. The maximum Gasteiger partial charge on any atom is 0.322 e. The Balaban J connectivity index is 1.99. The molecule has 0 aliphatic rings. The smallest absolute Gasteiger partial charge is 0.313 e. The van der Waals surface area contributed by atoms with Crippen molar-refractivity contribution in [1.82, 2.24) is 19.4 Å². The molecular weight excluding hydrogens is 473 g/mol. The first kappa shape index (κ1) is 24.3. The zero-order valence-electron chi connectivity index (χ0n) is 18.2. The number of halogens is 3. The third-order valence-electron chi connectivity index (χ3n) is 5.13. The predicted octanol–water partition coefficient (Wildman–Crippen LogP) is 5.05. The van der Waals surface area contributed by atoms with Crippen LogP contribution in [0.25, 0.3) is 10.9 Å². The summed E-state index contributed by atoms with van der Waals surface area (Å²) < 4.78 is 1.47. The number of carbonyl (C=O) groups is 1. The van der Waals surface area contributed by atoms with Gasteiger partial charge in [-0.05, 0) is 57.4 Å². The zero-order valence-corrected chi connectivity index (χ0v) is 20.5. The van der Waals surface area contributed by atoms with E-state index in [1.165, 1.54) is 4.57 Å². The van der Waals surface area contributed by atoms with Crippen LogP contribution in [-0.2, 0) is 7.05 Å². The van der Waals surface area contributed by atoms with E-state index >= 15 is 0 Å². The standard InChI is InChI=1S/C22H24Cl3N5O2/c1-13(20-27-19-11-14(23)5-7-16(19)21(31)29(20)4)30(10-9-28(2)3)22(32)26-15-6-8-17(24)18(25)12-15/h5-8,11-13H,9-10H2,1-4H3,(H,26,32). The highest BCUT2D eigenvalue weighted by Gasteiger charge is 2.26. The number of carbonyl (C=O) groups excluding carboxylic acids is 1. The zero-order chi connectivity index (χ0) is 23.6. The van der Waals surface area contributed by atoms with Crippen molar-refractivity contribution in [3.63, 3.8) is 0 Å². The number of fused-ring (bicyclic) bond motifs is 1. The first-order valence-electron chi connectivity index (χ1n) is 9.92. The molecule has 170 valence electrons. The molecule has 0 aliphatic heterocycles. The molecule has 3 aromatic rings. The Morgan fingerprint density at radius 3 is 2.47 bits per heavy atom. The van der Waals surface area contributed by atoms with Crippen molar-refractivity contribution in [3.05, 3.63) is 67.6 Å². The van der Waals surface area contributed by atoms with Crippen LogP contribution >= 0.6 is 34.8 Å². The van der Waals surface area contributed by atoms with Crippen molar-refractivity contribution >= 4 is 57.4 Å². The third-order valence-corrected chi connectivity index (χ3v) is 6.11. The van der Waals surface area contributed by atoms with E-state index in [0.717, 1.165) is 0 Å². The lowest BCUT2D eigenvalue weighted by Gasteiger charge is -2.31. The third kappa shape index (κ3) is 5.35. The summed E-state index contributed by atoms with van der Waals surface area (Å²) in [6.45, 7) is 2.86. The second-order valence-electron chi connectivity index (χ2n) is 7.73. The number of anilines is 1. The molecule has 1 atom stereocenters. The number of hydrogen-bond donors (Lipinski definition) is 1. The quantitative estimate of drug-likeness (QED) is 0.518. The molecule has 1 unspecified atom stereocenters. The molecule has 1 aromatic heterocycles. The molecule has 2 amide bonds. The summed E-state index contributed by atoms with van der Waals surface area (Å²) in [6.07, 6.45) is 0. The van der Waals surface area contributed by atoms with Gasteiger partial charge in [0.05, 0.1) is 27.0 Å². The lowest BCUT2D eigenvalue weighted by Crippen LogP contribution is -2.42. The summed E-state index contributed by atoms with van der Waals surface area (Å²) in [7, 11) is 5.49. The van der Waals surface area contributed by atoms with Crippen molar-refractivity contribution < 1.29 is 4.79 Å². The van der Waals surface area contributed by atoms with E-state index in [4.69, 9.17) is 34.8 Å². The van der Waals surface area contributed by atoms with Gasteiger partial charge in [-0.2, -0.15) is 0 Å². The van der Waals surface area contributed by atoms with Crippen LogP contribution in [0.5, 0.6) is 0 Å². The van der Waals surface area contributed by atoms with Gasteiger partial charge < -0.3 is 15.1 Å². The van der Waals surface area contributed by atoms with Crippen LogP contribution in [0.3, 0.4) is 0 Å². The SMILES string of the molecule is CC(c1nc2cc(Cl)ccc2c(=O)n1C)N(CCN(C)C)C(=O)Nc1ccc(Cl)c(Cl)c1. The normalized spacial score (nSPS) is 12.2. The molecule has 32 heavy (non-hydrogen) atoms. The number of amides is 2. The highest BCUT2D eigenvalue weighted by Crippen LogP contribution is 2.26. The van der Waals surface area contributed by atoms with Crippen LogP contribution in [0.15, 0.2) is 41.2 Å². The largest absolute Gasteiger partial charge is 0.322 e. The van der Waals surface area contributed by atoms with Crippen LogP contribution in [0.1, 0.15) is 18.8 Å². The highest BCUT2D eigenvalue weighted by atomic mass is 35.5. The van der Waals surface area contributed by atoms with Gasteiger partial charge in [-0.1, -0.05) is 34.8 Å². The molecule has 1 N–H and O–H groups in total. The summed E-state index contributed by atoms with van der Waals surface area (Å²) >= 11 is 18.2. The number of likely N-dealkylation sites (N-methyl/N-ethyl adjacent to an activating group) is 1. The second-order valence-corrected chi connectivity index (χ2v) is 8.98. The molecule has 0 bridgehead atoms. The minimum Gasteiger partial charge on any atom is -0.313 e. The number of benzene rings is 2. The summed E-state index contributed by atoms with van der Waals surface area (Å²) in [5.41, 5.74) is 0.796. The van der Waals surface area contributed by atoms with Gasteiger partial charge in [-0.25, -0.2) is 9.78 Å². The monoisotopic (exact) mass is 495 g/mol. The van der Waals surface area contributed by atoms with Crippen LogP contribution < -0.4 is 10.9 Å². The van der Waals surface area contributed by atoms with Gasteiger partial charge in [0.15, 0.2) is 0 Å².